The number of carbonyl (C=O) groups is 1. The van der Waals surface area contributed by atoms with Gasteiger partial charge in [0, 0.05) is 45.5 Å². The van der Waals surface area contributed by atoms with Crippen LogP contribution in [-0.4, -0.2) is 47.4 Å². The molecule has 0 spiro atoms. The highest BCUT2D eigenvalue weighted by molar-refractivity contribution is 5.94. The fourth-order valence-corrected chi connectivity index (χ4v) is 3.56. The molecule has 4 rings (SSSR count). The number of anilines is 1. The molecule has 1 atom stereocenters. The average Bonchev–Trinajstić information content (AvgIpc) is 3.29. The molecule has 1 aliphatic rings. The summed E-state index contributed by atoms with van der Waals surface area (Å²) >= 11 is 0. The van der Waals surface area contributed by atoms with Crippen LogP contribution in [-0.2, 0) is 0 Å². The number of halogens is 1. The number of hydrogen-bond acceptors (Lipinski definition) is 3. The third-order valence-corrected chi connectivity index (χ3v) is 4.94. The van der Waals surface area contributed by atoms with E-state index < -0.39 is 5.82 Å². The Hall–Kier alpha value is -2.89. The summed E-state index contributed by atoms with van der Waals surface area (Å²) in [4.78, 5) is 21.2. The monoisotopic (exact) mass is 352 g/mol. The van der Waals surface area contributed by atoms with Crippen LogP contribution in [0.15, 0.2) is 48.8 Å². The fourth-order valence-electron chi connectivity index (χ4n) is 3.56. The van der Waals surface area contributed by atoms with Gasteiger partial charge < -0.3 is 14.2 Å². The van der Waals surface area contributed by atoms with Crippen LogP contribution in [0.3, 0.4) is 0 Å². The molecule has 0 saturated carbocycles. The predicted octanol–water partition coefficient (Wildman–Crippen LogP) is 3.17. The van der Waals surface area contributed by atoms with Gasteiger partial charge in [0.2, 0.25) is 0 Å². The van der Waals surface area contributed by atoms with Gasteiger partial charge in [-0.15, -0.1) is 0 Å². The van der Waals surface area contributed by atoms with Crippen molar-refractivity contribution in [2.45, 2.75) is 12.3 Å². The largest absolute Gasteiger partial charge is 0.361 e. The predicted molar refractivity (Wildman–Crippen MR) is 99.2 cm³/mol. The lowest BCUT2D eigenvalue weighted by Gasteiger charge is -2.19. The molecule has 6 heteroatoms. The van der Waals surface area contributed by atoms with Gasteiger partial charge in [-0.05, 0) is 30.7 Å². The highest BCUT2D eigenvalue weighted by Gasteiger charge is 2.30. The van der Waals surface area contributed by atoms with E-state index in [0.29, 0.717) is 13.1 Å². The van der Waals surface area contributed by atoms with Crippen LogP contribution < -0.4 is 4.90 Å². The minimum absolute atomic E-state index is 0.135. The van der Waals surface area contributed by atoms with Crippen molar-refractivity contribution in [3.05, 3.63) is 65.9 Å². The smallest absolute Gasteiger partial charge is 0.256 e. The summed E-state index contributed by atoms with van der Waals surface area (Å²) in [5.74, 6) is 0.339. The van der Waals surface area contributed by atoms with E-state index in [4.69, 9.17) is 4.98 Å². The Morgan fingerprint density at radius 3 is 2.81 bits per heavy atom. The molecule has 1 amide bonds. The van der Waals surface area contributed by atoms with Crippen LogP contribution in [0, 0.1) is 5.82 Å². The zero-order valence-electron chi connectivity index (χ0n) is 14.9. The van der Waals surface area contributed by atoms with Gasteiger partial charge in [-0.3, -0.25) is 4.79 Å². The number of nitrogens with zero attached hydrogens (tertiary/aromatic N) is 4. The molecule has 2 aromatic heterocycles. The van der Waals surface area contributed by atoms with Crippen molar-refractivity contribution in [1.29, 1.82) is 0 Å². The first-order valence-corrected chi connectivity index (χ1v) is 8.73. The highest BCUT2D eigenvalue weighted by atomic mass is 19.1. The number of aromatic nitrogens is 2. The Labute approximate surface area is 151 Å². The van der Waals surface area contributed by atoms with Crippen LogP contribution in [0.2, 0.25) is 0 Å². The molecular formula is C20H21FN4O. The second-order valence-corrected chi connectivity index (χ2v) is 6.90. The van der Waals surface area contributed by atoms with E-state index in [0.717, 1.165) is 23.4 Å². The summed E-state index contributed by atoms with van der Waals surface area (Å²) < 4.78 is 16.0. The van der Waals surface area contributed by atoms with E-state index in [1.54, 1.807) is 23.1 Å². The first-order chi connectivity index (χ1) is 12.5. The molecule has 1 saturated heterocycles. The first kappa shape index (κ1) is 16.6. The van der Waals surface area contributed by atoms with E-state index >= 15 is 0 Å². The summed E-state index contributed by atoms with van der Waals surface area (Å²) in [5, 5.41) is 0. The Morgan fingerprint density at radius 2 is 2.04 bits per heavy atom. The van der Waals surface area contributed by atoms with Gasteiger partial charge in [-0.2, -0.15) is 0 Å². The summed E-state index contributed by atoms with van der Waals surface area (Å²) in [7, 11) is 3.95. The van der Waals surface area contributed by atoms with Crippen molar-refractivity contribution in [3.8, 4) is 0 Å². The second-order valence-electron chi connectivity index (χ2n) is 6.90. The molecule has 134 valence electrons. The first-order valence-electron chi connectivity index (χ1n) is 8.73. The van der Waals surface area contributed by atoms with E-state index in [1.807, 2.05) is 43.5 Å². The fraction of sp³-hybridized carbons (Fsp3) is 0.300. The number of amides is 1. The number of likely N-dealkylation sites (tertiary alicyclic amines) is 1. The molecule has 0 bridgehead atoms. The maximum Gasteiger partial charge on any atom is 0.256 e. The number of rotatable bonds is 3. The van der Waals surface area contributed by atoms with Gasteiger partial charge >= 0.3 is 0 Å². The minimum Gasteiger partial charge on any atom is -0.361 e. The van der Waals surface area contributed by atoms with Crippen LogP contribution in [0.5, 0.6) is 0 Å². The van der Waals surface area contributed by atoms with E-state index in [1.165, 1.54) is 6.07 Å². The van der Waals surface area contributed by atoms with Gasteiger partial charge in [0.05, 0.1) is 16.8 Å². The zero-order chi connectivity index (χ0) is 18.3. The van der Waals surface area contributed by atoms with Gasteiger partial charge in [0.1, 0.15) is 5.82 Å². The molecule has 0 unspecified atom stereocenters. The van der Waals surface area contributed by atoms with Crippen molar-refractivity contribution in [2.75, 3.05) is 32.1 Å². The quantitative estimate of drug-likeness (QED) is 0.727. The summed E-state index contributed by atoms with van der Waals surface area (Å²) in [6, 6.07) is 10.2. The van der Waals surface area contributed by atoms with Crippen molar-refractivity contribution < 1.29 is 9.18 Å². The number of fused-ring (bicyclic) bond motifs is 1. The van der Waals surface area contributed by atoms with Gasteiger partial charge in [0.25, 0.3) is 5.91 Å². The SMILES string of the molecule is CN(C)c1nc([C@H]2CCN(C(=O)c3ccccc3F)C2)cn2cccc12. The molecule has 3 heterocycles. The van der Waals surface area contributed by atoms with Gasteiger partial charge in [-0.1, -0.05) is 12.1 Å². The maximum atomic E-state index is 13.9. The van der Waals surface area contributed by atoms with Crippen molar-refractivity contribution in [2.24, 2.45) is 0 Å². The Morgan fingerprint density at radius 1 is 1.23 bits per heavy atom. The summed E-state index contributed by atoms with van der Waals surface area (Å²) in [6.45, 7) is 1.17. The average molecular weight is 352 g/mol. The zero-order valence-corrected chi connectivity index (χ0v) is 14.9. The second kappa shape index (κ2) is 6.44. The van der Waals surface area contributed by atoms with Crippen LogP contribution >= 0.6 is 0 Å². The van der Waals surface area contributed by atoms with E-state index in [9.17, 15) is 9.18 Å². The van der Waals surface area contributed by atoms with E-state index in [-0.39, 0.29) is 17.4 Å². The lowest BCUT2D eigenvalue weighted by Crippen LogP contribution is -2.29. The van der Waals surface area contributed by atoms with Crippen molar-refractivity contribution >= 4 is 17.2 Å². The molecule has 3 aromatic rings. The standard InChI is InChI=1S/C20H21FN4O/c1-23(2)19-18-8-5-10-24(18)13-17(22-19)14-9-11-25(12-14)20(26)15-6-3-4-7-16(15)21/h3-8,10,13-14H,9,11-12H2,1-2H3/t14-/m0/s1. The van der Waals surface area contributed by atoms with Gasteiger partial charge in [0.15, 0.2) is 5.82 Å². The molecular weight excluding hydrogens is 331 g/mol. The van der Waals surface area contributed by atoms with Gasteiger partial charge in [-0.25, -0.2) is 9.37 Å². The molecule has 1 aliphatic heterocycles. The highest BCUT2D eigenvalue weighted by Crippen LogP contribution is 2.30. The van der Waals surface area contributed by atoms with Crippen LogP contribution in [0.25, 0.3) is 5.52 Å². The lowest BCUT2D eigenvalue weighted by atomic mass is 10.1. The maximum absolute atomic E-state index is 13.9. The molecule has 5 nitrogen and oxygen atoms in total. The Balaban J connectivity index is 1.60. The van der Waals surface area contributed by atoms with Crippen LogP contribution in [0.1, 0.15) is 28.4 Å². The molecule has 26 heavy (non-hydrogen) atoms. The molecule has 1 aromatic carbocycles. The third-order valence-electron chi connectivity index (χ3n) is 4.94. The number of hydrogen-bond donors (Lipinski definition) is 0. The van der Waals surface area contributed by atoms with Crippen LogP contribution in [0.4, 0.5) is 10.2 Å². The van der Waals surface area contributed by atoms with Crippen molar-refractivity contribution in [1.82, 2.24) is 14.3 Å². The normalized spacial score (nSPS) is 17.0. The number of carbonyl (C=O) groups excluding carboxylic acids is 1. The topological polar surface area (TPSA) is 40.9 Å². The Kier molecular flexibility index (Phi) is 4.11. The minimum atomic E-state index is -0.470. The Bertz CT molecular complexity index is 965. The molecule has 1 fully saturated rings. The molecule has 0 N–H and O–H groups in total. The summed E-state index contributed by atoms with van der Waals surface area (Å²) in [5.41, 5.74) is 2.15. The summed E-state index contributed by atoms with van der Waals surface area (Å²) in [6.07, 6.45) is 4.86. The molecule has 0 aliphatic carbocycles. The number of benzene rings is 1. The molecule has 0 radical (unpaired) electrons. The third kappa shape index (κ3) is 2.81. The van der Waals surface area contributed by atoms with Crippen molar-refractivity contribution in [3.63, 3.8) is 0 Å². The van der Waals surface area contributed by atoms with E-state index in [2.05, 4.69) is 4.40 Å². The lowest BCUT2D eigenvalue weighted by molar-refractivity contribution is 0.0786.